The van der Waals surface area contributed by atoms with Crippen molar-refractivity contribution >= 4 is 15.8 Å². The first kappa shape index (κ1) is 10.4. The summed E-state index contributed by atoms with van der Waals surface area (Å²) in [5, 5.41) is 0. The maximum Gasteiger partial charge on any atom is 0.241 e. The zero-order valence-electron chi connectivity index (χ0n) is 8.40. The topological polar surface area (TPSA) is 85.1 Å². The normalized spacial score (nSPS) is 18.7. The van der Waals surface area contributed by atoms with Crippen molar-refractivity contribution in [3.8, 4) is 0 Å². The molecule has 1 saturated carbocycles. The van der Waals surface area contributed by atoms with E-state index in [0.29, 0.717) is 0 Å². The monoisotopic (exact) mass is 227 g/mol. The van der Waals surface area contributed by atoms with Crippen LogP contribution in [0.15, 0.2) is 23.2 Å². The van der Waals surface area contributed by atoms with E-state index >= 15 is 0 Å². The van der Waals surface area contributed by atoms with Crippen molar-refractivity contribution in [1.29, 1.82) is 0 Å². The summed E-state index contributed by atoms with van der Waals surface area (Å²) in [4.78, 5) is 3.92. The maximum absolute atomic E-state index is 11.8. The number of nitrogen functional groups attached to an aromatic ring is 1. The first-order chi connectivity index (χ1) is 6.91. The minimum Gasteiger partial charge on any atom is -0.384 e. The van der Waals surface area contributed by atoms with Crippen LogP contribution >= 0.6 is 0 Å². The summed E-state index contributed by atoms with van der Waals surface area (Å²) >= 11 is 0. The van der Waals surface area contributed by atoms with Gasteiger partial charge in [-0.3, -0.25) is 0 Å². The second kappa shape index (κ2) is 3.18. The van der Waals surface area contributed by atoms with Gasteiger partial charge < -0.3 is 5.73 Å². The summed E-state index contributed by atoms with van der Waals surface area (Å²) in [6.45, 7) is 1.88. The molecule has 1 heterocycles. The lowest BCUT2D eigenvalue weighted by molar-refractivity contribution is 0.558. The molecule has 1 aliphatic rings. The van der Waals surface area contributed by atoms with E-state index in [1.165, 1.54) is 18.3 Å². The molecule has 82 valence electrons. The van der Waals surface area contributed by atoms with Crippen LogP contribution in [0.1, 0.15) is 19.8 Å². The number of sulfonamides is 1. The molecule has 1 aliphatic carbocycles. The first-order valence-electron chi connectivity index (χ1n) is 4.67. The highest BCUT2D eigenvalue weighted by molar-refractivity contribution is 7.89. The van der Waals surface area contributed by atoms with Gasteiger partial charge in [0.15, 0.2) is 0 Å². The number of hydrogen-bond donors (Lipinski definition) is 2. The largest absolute Gasteiger partial charge is 0.384 e. The molecule has 0 amide bonds. The Balaban J connectivity index is 2.29. The number of anilines is 1. The van der Waals surface area contributed by atoms with Gasteiger partial charge in [0, 0.05) is 17.8 Å². The van der Waals surface area contributed by atoms with E-state index < -0.39 is 10.0 Å². The molecule has 2 rings (SSSR count). The van der Waals surface area contributed by atoms with E-state index in [-0.39, 0.29) is 16.3 Å². The highest BCUT2D eigenvalue weighted by Crippen LogP contribution is 2.35. The molecule has 0 aliphatic heterocycles. The molecule has 5 nitrogen and oxygen atoms in total. The fraction of sp³-hybridized carbons (Fsp3) is 0.444. The number of hydrogen-bond acceptors (Lipinski definition) is 4. The van der Waals surface area contributed by atoms with Gasteiger partial charge in [0.1, 0.15) is 5.82 Å². The molecule has 1 fully saturated rings. The van der Waals surface area contributed by atoms with Crippen molar-refractivity contribution in [3.63, 3.8) is 0 Å². The van der Waals surface area contributed by atoms with Crippen LogP contribution in [0.5, 0.6) is 0 Å². The highest BCUT2D eigenvalue weighted by atomic mass is 32.2. The highest BCUT2D eigenvalue weighted by Gasteiger charge is 2.41. The second-order valence-electron chi connectivity index (χ2n) is 4.08. The van der Waals surface area contributed by atoms with Gasteiger partial charge >= 0.3 is 0 Å². The van der Waals surface area contributed by atoms with Crippen LogP contribution in [0.25, 0.3) is 0 Å². The Bertz CT molecular complexity index is 480. The summed E-state index contributed by atoms with van der Waals surface area (Å²) in [6, 6.07) is 2.79. The minimum absolute atomic E-state index is 0.170. The van der Waals surface area contributed by atoms with E-state index in [1.807, 2.05) is 6.92 Å². The molecule has 1 aromatic heterocycles. The molecule has 15 heavy (non-hydrogen) atoms. The maximum atomic E-state index is 11.8. The number of nitrogens with two attached hydrogens (primary N) is 1. The van der Waals surface area contributed by atoms with Gasteiger partial charge in [0.25, 0.3) is 0 Å². The Kier molecular flexibility index (Phi) is 2.20. The van der Waals surface area contributed by atoms with Crippen LogP contribution in [0.4, 0.5) is 5.82 Å². The lowest BCUT2D eigenvalue weighted by Crippen LogP contribution is -2.34. The zero-order chi connectivity index (χ0) is 11.1. The number of nitrogens with one attached hydrogen (secondary N) is 1. The van der Waals surface area contributed by atoms with E-state index in [0.717, 1.165) is 12.8 Å². The fourth-order valence-electron chi connectivity index (χ4n) is 1.27. The number of nitrogens with zero attached hydrogens (tertiary/aromatic N) is 1. The first-order valence-corrected chi connectivity index (χ1v) is 6.15. The number of rotatable bonds is 3. The van der Waals surface area contributed by atoms with Gasteiger partial charge in [-0.25, -0.2) is 18.1 Å². The lowest BCUT2D eigenvalue weighted by atomic mass is 10.4. The van der Waals surface area contributed by atoms with E-state index in [9.17, 15) is 8.42 Å². The van der Waals surface area contributed by atoms with Crippen molar-refractivity contribution in [3.05, 3.63) is 18.3 Å². The van der Waals surface area contributed by atoms with Crippen LogP contribution in [-0.4, -0.2) is 18.9 Å². The Labute approximate surface area is 88.8 Å². The summed E-state index contributed by atoms with van der Waals surface area (Å²) < 4.78 is 26.3. The third-order valence-corrected chi connectivity index (χ3v) is 4.08. The molecule has 0 saturated heterocycles. The van der Waals surface area contributed by atoms with E-state index in [2.05, 4.69) is 9.71 Å². The van der Waals surface area contributed by atoms with Crippen LogP contribution in [0.3, 0.4) is 0 Å². The zero-order valence-corrected chi connectivity index (χ0v) is 9.21. The van der Waals surface area contributed by atoms with Crippen molar-refractivity contribution in [2.24, 2.45) is 0 Å². The van der Waals surface area contributed by atoms with Crippen molar-refractivity contribution in [1.82, 2.24) is 9.71 Å². The summed E-state index contributed by atoms with van der Waals surface area (Å²) in [5.41, 5.74) is 5.16. The Hall–Kier alpha value is -1.14. The van der Waals surface area contributed by atoms with Gasteiger partial charge in [-0.05, 0) is 25.8 Å². The van der Waals surface area contributed by atoms with Gasteiger partial charge in [-0.1, -0.05) is 0 Å². The fourth-order valence-corrected chi connectivity index (χ4v) is 2.75. The summed E-state index contributed by atoms with van der Waals surface area (Å²) in [7, 11) is -3.45. The van der Waals surface area contributed by atoms with E-state index in [4.69, 9.17) is 5.73 Å². The molecular weight excluding hydrogens is 214 g/mol. The third kappa shape index (κ3) is 2.27. The van der Waals surface area contributed by atoms with Crippen LogP contribution in [-0.2, 0) is 10.0 Å². The minimum atomic E-state index is -3.45. The van der Waals surface area contributed by atoms with Crippen molar-refractivity contribution in [2.45, 2.75) is 30.2 Å². The standard InChI is InChI=1S/C9H13N3O2S/c1-9(3-4-9)12-15(13,14)7-2-5-11-8(10)6-7/h2,5-6,12H,3-4H2,1H3,(H2,10,11). The van der Waals surface area contributed by atoms with Crippen LogP contribution in [0, 0.1) is 0 Å². The molecular formula is C9H13N3O2S. The molecule has 3 N–H and O–H groups in total. The summed E-state index contributed by atoms with van der Waals surface area (Å²) in [5.74, 6) is 0.207. The molecule has 0 radical (unpaired) electrons. The van der Waals surface area contributed by atoms with Gasteiger partial charge in [-0.15, -0.1) is 0 Å². The predicted molar refractivity (Wildman–Crippen MR) is 56.6 cm³/mol. The smallest absolute Gasteiger partial charge is 0.241 e. The van der Waals surface area contributed by atoms with Gasteiger partial charge in [0.2, 0.25) is 10.0 Å². The molecule has 1 aromatic rings. The second-order valence-corrected chi connectivity index (χ2v) is 5.76. The van der Waals surface area contributed by atoms with Crippen LogP contribution < -0.4 is 10.5 Å². The molecule has 0 spiro atoms. The Morgan fingerprint density at radius 3 is 2.73 bits per heavy atom. The third-order valence-electron chi connectivity index (χ3n) is 2.44. The lowest BCUT2D eigenvalue weighted by Gasteiger charge is -2.11. The van der Waals surface area contributed by atoms with Crippen LogP contribution in [0.2, 0.25) is 0 Å². The molecule has 6 heteroatoms. The number of pyridine rings is 1. The average molecular weight is 227 g/mol. The Morgan fingerprint density at radius 2 is 2.20 bits per heavy atom. The molecule has 0 unspecified atom stereocenters. The Morgan fingerprint density at radius 1 is 1.53 bits per heavy atom. The summed E-state index contributed by atoms with van der Waals surface area (Å²) in [6.07, 6.45) is 3.15. The van der Waals surface area contributed by atoms with Crippen molar-refractivity contribution in [2.75, 3.05) is 5.73 Å². The molecule has 0 atom stereocenters. The van der Waals surface area contributed by atoms with Gasteiger partial charge in [-0.2, -0.15) is 0 Å². The molecule has 0 bridgehead atoms. The number of aromatic nitrogens is 1. The van der Waals surface area contributed by atoms with Gasteiger partial charge in [0.05, 0.1) is 4.90 Å². The average Bonchev–Trinajstić information content (AvgIpc) is 2.82. The SMILES string of the molecule is CC1(NS(=O)(=O)c2ccnc(N)c2)CC1. The van der Waals surface area contributed by atoms with E-state index in [1.54, 1.807) is 0 Å². The predicted octanol–water partition coefficient (Wildman–Crippen LogP) is 0.495. The quantitative estimate of drug-likeness (QED) is 0.787. The molecule has 0 aromatic carbocycles. The van der Waals surface area contributed by atoms with Crippen molar-refractivity contribution < 1.29 is 8.42 Å².